The quantitative estimate of drug-likeness (QED) is 0.689. The number of hydrogen-bond acceptors (Lipinski definition) is 3. The molecular weight excluding hydrogens is 268 g/mol. The molecular formula is C16H22N2O3. The summed E-state index contributed by atoms with van der Waals surface area (Å²) in [4.78, 5) is 23.1. The maximum atomic E-state index is 11.7. The first-order chi connectivity index (χ1) is 9.97. The summed E-state index contributed by atoms with van der Waals surface area (Å²) in [5.74, 6) is -0.345. The van der Waals surface area contributed by atoms with Crippen LogP contribution in [0, 0.1) is 5.92 Å². The Bertz CT molecular complexity index is 509. The maximum absolute atomic E-state index is 11.7. The highest BCUT2D eigenvalue weighted by Crippen LogP contribution is 2.06. The third-order valence-electron chi connectivity index (χ3n) is 3.34. The molecule has 5 nitrogen and oxygen atoms in total. The summed E-state index contributed by atoms with van der Waals surface area (Å²) in [6, 6.07) is 6.85. The van der Waals surface area contributed by atoms with Crippen LogP contribution in [0.5, 0.6) is 0 Å². The van der Waals surface area contributed by atoms with Gasteiger partial charge in [-0.2, -0.15) is 0 Å². The van der Waals surface area contributed by atoms with Crippen LogP contribution in [-0.2, 0) is 4.79 Å². The SMILES string of the molecule is CNC(=O)c1ccc(/C=C/C(=O)NC(C)C(C)CO)cc1. The number of benzene rings is 1. The van der Waals surface area contributed by atoms with E-state index >= 15 is 0 Å². The van der Waals surface area contributed by atoms with Crippen LogP contribution in [-0.4, -0.2) is 36.6 Å². The van der Waals surface area contributed by atoms with Gasteiger partial charge in [-0.3, -0.25) is 9.59 Å². The van der Waals surface area contributed by atoms with E-state index in [4.69, 9.17) is 5.11 Å². The van der Waals surface area contributed by atoms with Gasteiger partial charge in [-0.1, -0.05) is 19.1 Å². The average molecular weight is 290 g/mol. The first-order valence-corrected chi connectivity index (χ1v) is 6.89. The van der Waals surface area contributed by atoms with Crippen LogP contribution in [0.2, 0.25) is 0 Å². The first kappa shape index (κ1) is 16.9. The van der Waals surface area contributed by atoms with E-state index in [2.05, 4.69) is 10.6 Å². The lowest BCUT2D eigenvalue weighted by atomic mass is 10.1. The lowest BCUT2D eigenvalue weighted by Gasteiger charge is -2.18. The van der Waals surface area contributed by atoms with Crippen molar-refractivity contribution in [3.05, 3.63) is 41.5 Å². The largest absolute Gasteiger partial charge is 0.396 e. The van der Waals surface area contributed by atoms with E-state index in [-0.39, 0.29) is 30.4 Å². The van der Waals surface area contributed by atoms with E-state index in [0.717, 1.165) is 5.56 Å². The molecule has 0 bridgehead atoms. The molecule has 0 spiro atoms. The van der Waals surface area contributed by atoms with Crippen molar-refractivity contribution < 1.29 is 14.7 Å². The van der Waals surface area contributed by atoms with Crippen molar-refractivity contribution in [2.24, 2.45) is 5.92 Å². The molecule has 1 rings (SSSR count). The second kappa shape index (κ2) is 8.21. The molecule has 2 atom stereocenters. The van der Waals surface area contributed by atoms with Crippen LogP contribution in [0.3, 0.4) is 0 Å². The standard InChI is InChI=1S/C16H22N2O3/c1-11(10-19)12(2)18-15(20)9-6-13-4-7-14(8-5-13)16(21)17-3/h4-9,11-12,19H,10H2,1-3H3,(H,17,21)(H,18,20)/b9-6+. The zero-order valence-corrected chi connectivity index (χ0v) is 12.6. The molecule has 114 valence electrons. The Hall–Kier alpha value is -2.14. The van der Waals surface area contributed by atoms with Gasteiger partial charge < -0.3 is 15.7 Å². The molecule has 0 radical (unpaired) electrons. The van der Waals surface area contributed by atoms with E-state index in [1.165, 1.54) is 6.08 Å². The van der Waals surface area contributed by atoms with Crippen LogP contribution < -0.4 is 10.6 Å². The predicted molar refractivity (Wildman–Crippen MR) is 82.7 cm³/mol. The van der Waals surface area contributed by atoms with Crippen molar-refractivity contribution in [2.45, 2.75) is 19.9 Å². The van der Waals surface area contributed by atoms with Crippen LogP contribution in [0.25, 0.3) is 6.08 Å². The molecule has 0 aliphatic heterocycles. The zero-order valence-electron chi connectivity index (χ0n) is 12.6. The Kier molecular flexibility index (Phi) is 6.62. The molecule has 0 aliphatic rings. The fourth-order valence-corrected chi connectivity index (χ4v) is 1.63. The number of carbonyl (C=O) groups excluding carboxylic acids is 2. The third kappa shape index (κ3) is 5.39. The highest BCUT2D eigenvalue weighted by Gasteiger charge is 2.12. The van der Waals surface area contributed by atoms with E-state index in [0.29, 0.717) is 5.56 Å². The van der Waals surface area contributed by atoms with Crippen molar-refractivity contribution in [3.63, 3.8) is 0 Å². The highest BCUT2D eigenvalue weighted by molar-refractivity contribution is 5.94. The molecule has 21 heavy (non-hydrogen) atoms. The second-order valence-corrected chi connectivity index (χ2v) is 4.99. The highest BCUT2D eigenvalue weighted by atomic mass is 16.3. The minimum Gasteiger partial charge on any atom is -0.396 e. The van der Waals surface area contributed by atoms with Crippen LogP contribution in [0.4, 0.5) is 0 Å². The molecule has 0 aromatic heterocycles. The summed E-state index contributed by atoms with van der Waals surface area (Å²) in [6.45, 7) is 3.75. The summed E-state index contributed by atoms with van der Waals surface area (Å²) in [7, 11) is 1.58. The van der Waals surface area contributed by atoms with Crippen molar-refractivity contribution in [2.75, 3.05) is 13.7 Å². The monoisotopic (exact) mass is 290 g/mol. The van der Waals surface area contributed by atoms with Gasteiger partial charge in [0.15, 0.2) is 0 Å². The molecule has 0 fully saturated rings. The number of hydrogen-bond donors (Lipinski definition) is 3. The number of nitrogens with one attached hydrogen (secondary N) is 2. The number of amides is 2. The number of aliphatic hydroxyl groups is 1. The predicted octanol–water partition coefficient (Wildman–Crippen LogP) is 1.19. The van der Waals surface area contributed by atoms with Crippen molar-refractivity contribution in [3.8, 4) is 0 Å². The number of aliphatic hydroxyl groups excluding tert-OH is 1. The van der Waals surface area contributed by atoms with Gasteiger partial charge in [0, 0.05) is 31.3 Å². The van der Waals surface area contributed by atoms with Gasteiger partial charge in [0.1, 0.15) is 0 Å². The molecule has 0 heterocycles. The summed E-state index contributed by atoms with van der Waals surface area (Å²) in [6.07, 6.45) is 3.12. The summed E-state index contributed by atoms with van der Waals surface area (Å²) >= 11 is 0. The van der Waals surface area contributed by atoms with Crippen LogP contribution in [0.15, 0.2) is 30.3 Å². The molecule has 1 aromatic rings. The third-order valence-corrected chi connectivity index (χ3v) is 3.34. The molecule has 2 amide bonds. The van der Waals surface area contributed by atoms with Crippen molar-refractivity contribution in [1.82, 2.24) is 10.6 Å². The normalized spacial score (nSPS) is 13.7. The Morgan fingerprint density at radius 3 is 2.38 bits per heavy atom. The van der Waals surface area contributed by atoms with Gasteiger partial charge in [0.2, 0.25) is 5.91 Å². The smallest absolute Gasteiger partial charge is 0.251 e. The minimum absolute atomic E-state index is 0.00851. The molecule has 0 saturated heterocycles. The lowest BCUT2D eigenvalue weighted by Crippen LogP contribution is -2.37. The lowest BCUT2D eigenvalue weighted by molar-refractivity contribution is -0.117. The van der Waals surface area contributed by atoms with Crippen molar-refractivity contribution >= 4 is 17.9 Å². The average Bonchev–Trinajstić information content (AvgIpc) is 2.51. The van der Waals surface area contributed by atoms with E-state index in [9.17, 15) is 9.59 Å². The second-order valence-electron chi connectivity index (χ2n) is 4.99. The van der Waals surface area contributed by atoms with Gasteiger partial charge in [-0.25, -0.2) is 0 Å². The Morgan fingerprint density at radius 1 is 1.24 bits per heavy atom. The molecule has 2 unspecified atom stereocenters. The summed E-state index contributed by atoms with van der Waals surface area (Å²) in [5, 5.41) is 14.4. The molecule has 0 aliphatic carbocycles. The van der Waals surface area contributed by atoms with Gasteiger partial charge in [0.25, 0.3) is 5.91 Å². The number of rotatable bonds is 6. The van der Waals surface area contributed by atoms with Crippen molar-refractivity contribution in [1.29, 1.82) is 0 Å². The number of carbonyl (C=O) groups is 2. The summed E-state index contributed by atoms with van der Waals surface area (Å²) in [5.41, 5.74) is 1.41. The van der Waals surface area contributed by atoms with E-state index in [1.54, 1.807) is 37.4 Å². The molecule has 0 saturated carbocycles. The molecule has 3 N–H and O–H groups in total. The van der Waals surface area contributed by atoms with Gasteiger partial charge in [-0.05, 0) is 36.6 Å². The Balaban J connectivity index is 2.60. The van der Waals surface area contributed by atoms with Gasteiger partial charge in [0.05, 0.1) is 0 Å². The van der Waals surface area contributed by atoms with Crippen LogP contribution in [0.1, 0.15) is 29.8 Å². The Morgan fingerprint density at radius 2 is 1.86 bits per heavy atom. The van der Waals surface area contributed by atoms with Gasteiger partial charge in [-0.15, -0.1) is 0 Å². The summed E-state index contributed by atoms with van der Waals surface area (Å²) < 4.78 is 0. The minimum atomic E-state index is -0.210. The van der Waals surface area contributed by atoms with Crippen LogP contribution >= 0.6 is 0 Å². The fraction of sp³-hybridized carbons (Fsp3) is 0.375. The maximum Gasteiger partial charge on any atom is 0.251 e. The fourth-order valence-electron chi connectivity index (χ4n) is 1.63. The first-order valence-electron chi connectivity index (χ1n) is 6.89. The zero-order chi connectivity index (χ0) is 15.8. The van der Waals surface area contributed by atoms with E-state index in [1.807, 2.05) is 13.8 Å². The molecule has 1 aromatic carbocycles. The topological polar surface area (TPSA) is 78.4 Å². The Labute approximate surface area is 125 Å². The van der Waals surface area contributed by atoms with Gasteiger partial charge >= 0.3 is 0 Å². The van der Waals surface area contributed by atoms with E-state index < -0.39 is 0 Å². The molecule has 5 heteroatoms.